The number of phenols is 2. The standard InChI is InChI=1S/C23H21NO4/c25-21-10-9-15(13-22(21)26)11-12-24-23(27)28-14-20-18-7-3-1-5-16(18)17-6-2-4-8-19(17)20/h1-10,13,20,25-26H,11-12,14H2,(H,24,27). The molecule has 28 heavy (non-hydrogen) atoms. The Balaban J connectivity index is 1.34. The second-order valence-corrected chi connectivity index (χ2v) is 6.83. The Morgan fingerprint density at radius 1 is 0.893 bits per heavy atom. The minimum Gasteiger partial charge on any atom is -0.504 e. The molecule has 0 heterocycles. The molecule has 0 spiro atoms. The minimum atomic E-state index is -0.468. The van der Waals surface area contributed by atoms with Gasteiger partial charge in [0, 0.05) is 12.5 Å². The van der Waals surface area contributed by atoms with Gasteiger partial charge in [-0.2, -0.15) is 0 Å². The minimum absolute atomic E-state index is 0.0344. The summed E-state index contributed by atoms with van der Waals surface area (Å²) in [5, 5.41) is 21.6. The molecule has 0 saturated carbocycles. The Morgan fingerprint density at radius 2 is 1.54 bits per heavy atom. The van der Waals surface area contributed by atoms with Crippen molar-refractivity contribution >= 4 is 6.09 Å². The number of phenolic OH excluding ortho intramolecular Hbond substituents is 2. The van der Waals surface area contributed by atoms with Crippen LogP contribution in [0, 0.1) is 0 Å². The zero-order valence-electron chi connectivity index (χ0n) is 15.3. The van der Waals surface area contributed by atoms with E-state index in [9.17, 15) is 15.0 Å². The van der Waals surface area contributed by atoms with Crippen molar-refractivity contribution in [1.29, 1.82) is 0 Å². The van der Waals surface area contributed by atoms with Crippen LogP contribution >= 0.6 is 0 Å². The molecule has 0 unspecified atom stereocenters. The molecule has 0 saturated heterocycles. The van der Waals surface area contributed by atoms with Crippen LogP contribution in [-0.2, 0) is 11.2 Å². The number of hydrogen-bond donors (Lipinski definition) is 3. The fraction of sp³-hybridized carbons (Fsp3) is 0.174. The first-order chi connectivity index (χ1) is 13.6. The number of carbonyl (C=O) groups excluding carboxylic acids is 1. The Labute approximate surface area is 163 Å². The lowest BCUT2D eigenvalue weighted by Crippen LogP contribution is -2.28. The smallest absolute Gasteiger partial charge is 0.407 e. The topological polar surface area (TPSA) is 78.8 Å². The molecule has 0 radical (unpaired) electrons. The third-order valence-corrected chi connectivity index (χ3v) is 5.07. The third-order valence-electron chi connectivity index (χ3n) is 5.07. The number of carbonyl (C=O) groups is 1. The highest BCUT2D eigenvalue weighted by Crippen LogP contribution is 2.44. The van der Waals surface area contributed by atoms with Crippen molar-refractivity contribution in [2.45, 2.75) is 12.3 Å². The number of benzene rings is 3. The van der Waals surface area contributed by atoms with Crippen LogP contribution in [0.1, 0.15) is 22.6 Å². The van der Waals surface area contributed by atoms with Gasteiger partial charge in [-0.15, -0.1) is 0 Å². The number of rotatable bonds is 5. The van der Waals surface area contributed by atoms with Crippen molar-refractivity contribution in [3.63, 3.8) is 0 Å². The van der Waals surface area contributed by atoms with Gasteiger partial charge in [0.05, 0.1) is 0 Å². The van der Waals surface area contributed by atoms with Crippen LogP contribution in [0.5, 0.6) is 11.5 Å². The zero-order chi connectivity index (χ0) is 19.5. The van der Waals surface area contributed by atoms with E-state index in [1.807, 2.05) is 24.3 Å². The average molecular weight is 375 g/mol. The van der Waals surface area contributed by atoms with E-state index >= 15 is 0 Å². The normalized spacial score (nSPS) is 12.3. The highest BCUT2D eigenvalue weighted by molar-refractivity contribution is 5.79. The molecule has 0 bridgehead atoms. The summed E-state index contributed by atoms with van der Waals surface area (Å²) in [5.74, 6) is -0.293. The van der Waals surface area contributed by atoms with E-state index in [1.54, 1.807) is 6.07 Å². The van der Waals surface area contributed by atoms with E-state index in [4.69, 9.17) is 4.74 Å². The van der Waals surface area contributed by atoms with Crippen molar-refractivity contribution in [2.75, 3.05) is 13.2 Å². The molecule has 4 rings (SSSR count). The third kappa shape index (κ3) is 3.51. The molecule has 3 N–H and O–H groups in total. The maximum Gasteiger partial charge on any atom is 0.407 e. The van der Waals surface area contributed by atoms with Gasteiger partial charge < -0.3 is 20.3 Å². The van der Waals surface area contributed by atoms with Crippen LogP contribution in [-0.4, -0.2) is 29.5 Å². The van der Waals surface area contributed by atoms with Gasteiger partial charge in [-0.3, -0.25) is 0 Å². The Morgan fingerprint density at radius 3 is 2.18 bits per heavy atom. The van der Waals surface area contributed by atoms with Crippen LogP contribution in [0.4, 0.5) is 4.79 Å². The molecule has 5 heteroatoms. The van der Waals surface area contributed by atoms with Crippen molar-refractivity contribution in [3.05, 3.63) is 83.4 Å². The fourth-order valence-electron chi connectivity index (χ4n) is 3.68. The Kier molecular flexibility index (Phi) is 4.89. The average Bonchev–Trinajstić information content (AvgIpc) is 3.03. The summed E-state index contributed by atoms with van der Waals surface area (Å²) in [7, 11) is 0. The van der Waals surface area contributed by atoms with Gasteiger partial charge in [-0.25, -0.2) is 4.79 Å². The van der Waals surface area contributed by atoms with Crippen molar-refractivity contribution < 1.29 is 19.7 Å². The number of fused-ring (bicyclic) bond motifs is 3. The van der Waals surface area contributed by atoms with Gasteiger partial charge in [-0.05, 0) is 46.4 Å². The summed E-state index contributed by atoms with van der Waals surface area (Å²) in [5.41, 5.74) is 5.56. The van der Waals surface area contributed by atoms with Gasteiger partial charge in [0.25, 0.3) is 0 Å². The Bertz CT molecular complexity index is 969. The quantitative estimate of drug-likeness (QED) is 0.585. The zero-order valence-corrected chi connectivity index (χ0v) is 15.3. The van der Waals surface area contributed by atoms with Gasteiger partial charge in [-0.1, -0.05) is 54.6 Å². The number of nitrogens with one attached hydrogen (secondary N) is 1. The molecule has 1 amide bonds. The molecule has 142 valence electrons. The van der Waals surface area contributed by atoms with Crippen LogP contribution < -0.4 is 5.32 Å². The first kappa shape index (κ1) is 17.9. The summed E-state index contributed by atoms with van der Waals surface area (Å²) in [6, 6.07) is 21.0. The molecule has 3 aromatic rings. The molecule has 3 aromatic carbocycles. The van der Waals surface area contributed by atoms with E-state index in [-0.39, 0.29) is 24.0 Å². The first-order valence-electron chi connectivity index (χ1n) is 9.23. The maximum atomic E-state index is 12.1. The number of alkyl carbamates (subject to hydrolysis) is 1. The van der Waals surface area contributed by atoms with Crippen LogP contribution in [0.3, 0.4) is 0 Å². The van der Waals surface area contributed by atoms with Crippen molar-refractivity contribution in [1.82, 2.24) is 5.32 Å². The van der Waals surface area contributed by atoms with E-state index in [2.05, 4.69) is 29.6 Å². The lowest BCUT2D eigenvalue weighted by molar-refractivity contribution is 0.143. The highest BCUT2D eigenvalue weighted by atomic mass is 16.5. The molecule has 1 aliphatic carbocycles. The van der Waals surface area contributed by atoms with Gasteiger partial charge in [0.15, 0.2) is 11.5 Å². The molecular weight excluding hydrogens is 354 g/mol. The molecule has 0 fully saturated rings. The van der Waals surface area contributed by atoms with Crippen LogP contribution in [0.25, 0.3) is 11.1 Å². The lowest BCUT2D eigenvalue weighted by Gasteiger charge is -2.14. The van der Waals surface area contributed by atoms with E-state index in [0.29, 0.717) is 13.0 Å². The molecular formula is C23H21NO4. The SMILES string of the molecule is O=C(NCCc1ccc(O)c(O)c1)OCC1c2ccccc2-c2ccccc21. The van der Waals surface area contributed by atoms with Gasteiger partial charge in [0.2, 0.25) is 0 Å². The van der Waals surface area contributed by atoms with Gasteiger partial charge in [0.1, 0.15) is 6.61 Å². The van der Waals surface area contributed by atoms with Crippen molar-refractivity contribution in [3.8, 4) is 22.6 Å². The maximum absolute atomic E-state index is 12.1. The predicted molar refractivity (Wildman–Crippen MR) is 107 cm³/mol. The second-order valence-electron chi connectivity index (χ2n) is 6.83. The number of amides is 1. The monoisotopic (exact) mass is 375 g/mol. The number of hydrogen-bond acceptors (Lipinski definition) is 4. The van der Waals surface area contributed by atoms with Crippen LogP contribution in [0.15, 0.2) is 66.7 Å². The molecule has 0 atom stereocenters. The number of ether oxygens (including phenoxy) is 1. The fourth-order valence-corrected chi connectivity index (χ4v) is 3.68. The molecule has 5 nitrogen and oxygen atoms in total. The van der Waals surface area contributed by atoms with E-state index in [1.165, 1.54) is 34.4 Å². The second kappa shape index (κ2) is 7.64. The first-order valence-corrected chi connectivity index (χ1v) is 9.23. The molecule has 0 aliphatic heterocycles. The summed E-state index contributed by atoms with van der Waals surface area (Å²) < 4.78 is 5.48. The van der Waals surface area contributed by atoms with Crippen LogP contribution in [0.2, 0.25) is 0 Å². The summed E-state index contributed by atoms with van der Waals surface area (Å²) >= 11 is 0. The van der Waals surface area contributed by atoms with Crippen molar-refractivity contribution in [2.24, 2.45) is 0 Å². The summed E-state index contributed by atoms with van der Waals surface area (Å²) in [6.07, 6.45) is 0.0581. The van der Waals surface area contributed by atoms with E-state index in [0.717, 1.165) is 5.56 Å². The molecule has 0 aromatic heterocycles. The molecule has 1 aliphatic rings. The summed E-state index contributed by atoms with van der Waals surface area (Å²) in [4.78, 5) is 12.1. The summed E-state index contributed by atoms with van der Waals surface area (Å²) in [6.45, 7) is 0.654. The predicted octanol–water partition coefficient (Wildman–Crippen LogP) is 4.18. The largest absolute Gasteiger partial charge is 0.504 e. The lowest BCUT2D eigenvalue weighted by atomic mass is 9.98. The number of aromatic hydroxyl groups is 2. The highest BCUT2D eigenvalue weighted by Gasteiger charge is 2.28. The van der Waals surface area contributed by atoms with Gasteiger partial charge >= 0.3 is 6.09 Å². The Hall–Kier alpha value is -3.47. The van der Waals surface area contributed by atoms with E-state index < -0.39 is 6.09 Å².